The van der Waals surface area contributed by atoms with Crippen molar-refractivity contribution in [3.8, 4) is 5.75 Å². The molecule has 1 aromatic rings. The Bertz CT molecular complexity index is 569. The van der Waals surface area contributed by atoms with Gasteiger partial charge in [0.15, 0.2) is 5.78 Å². The molecule has 3 rings (SSSR count). The van der Waals surface area contributed by atoms with Gasteiger partial charge in [0.05, 0.1) is 18.6 Å². The number of methoxy groups -OCH3 is 1. The van der Waals surface area contributed by atoms with Crippen molar-refractivity contribution in [2.24, 2.45) is 11.8 Å². The van der Waals surface area contributed by atoms with Crippen molar-refractivity contribution in [3.63, 3.8) is 0 Å². The number of ether oxygens (including phenoxy) is 1. The summed E-state index contributed by atoms with van der Waals surface area (Å²) in [5.41, 5.74) is 1.40. The summed E-state index contributed by atoms with van der Waals surface area (Å²) in [6.45, 7) is 0. The zero-order chi connectivity index (χ0) is 12.7. The van der Waals surface area contributed by atoms with E-state index in [1.807, 2.05) is 24.3 Å². The molecule has 0 bridgehead atoms. The van der Waals surface area contributed by atoms with Crippen LogP contribution in [-0.2, 0) is 11.2 Å². The van der Waals surface area contributed by atoms with Gasteiger partial charge in [-0.1, -0.05) is 18.2 Å². The van der Waals surface area contributed by atoms with E-state index in [1.54, 1.807) is 19.2 Å². The van der Waals surface area contributed by atoms with Crippen molar-refractivity contribution in [1.82, 2.24) is 0 Å². The van der Waals surface area contributed by atoms with Gasteiger partial charge in [-0.3, -0.25) is 4.79 Å². The number of Topliss-reactive ketones (excluding diaryl/α,β-unsaturated/α-hetero) is 1. The van der Waals surface area contributed by atoms with E-state index in [1.165, 1.54) is 0 Å². The number of phenols is 1. The van der Waals surface area contributed by atoms with Gasteiger partial charge in [0.2, 0.25) is 0 Å². The summed E-state index contributed by atoms with van der Waals surface area (Å²) in [6, 6.07) is 5.26. The smallest absolute Gasteiger partial charge is 0.174 e. The minimum Gasteiger partial charge on any atom is -0.507 e. The standard InChI is InChI=1S/C15H14O3/c1-18-11-6-5-9-7-10-3-2-4-13(16)14(10)15(17)12(9)8-11/h2-6,8-9,12,16H,7H2,1H3. The molecule has 0 saturated heterocycles. The third kappa shape index (κ3) is 1.55. The lowest BCUT2D eigenvalue weighted by atomic mass is 9.73. The van der Waals surface area contributed by atoms with Gasteiger partial charge in [-0.25, -0.2) is 0 Å². The van der Waals surface area contributed by atoms with Gasteiger partial charge < -0.3 is 9.84 Å². The van der Waals surface area contributed by atoms with E-state index in [2.05, 4.69) is 0 Å². The average Bonchev–Trinajstić information content (AvgIpc) is 2.38. The molecule has 0 aromatic heterocycles. The molecule has 92 valence electrons. The summed E-state index contributed by atoms with van der Waals surface area (Å²) >= 11 is 0. The van der Waals surface area contributed by atoms with Crippen LogP contribution < -0.4 is 0 Å². The molecular formula is C15H14O3. The van der Waals surface area contributed by atoms with Gasteiger partial charge in [-0.2, -0.15) is 0 Å². The third-order valence-electron chi connectivity index (χ3n) is 3.68. The van der Waals surface area contributed by atoms with Crippen LogP contribution in [0.1, 0.15) is 15.9 Å². The second kappa shape index (κ2) is 4.02. The molecule has 0 fully saturated rings. The first-order valence-corrected chi connectivity index (χ1v) is 6.00. The Morgan fingerprint density at radius 3 is 3.00 bits per heavy atom. The molecule has 0 heterocycles. The van der Waals surface area contributed by atoms with Gasteiger partial charge in [0, 0.05) is 0 Å². The van der Waals surface area contributed by atoms with Crippen molar-refractivity contribution in [2.75, 3.05) is 7.11 Å². The second-order valence-electron chi connectivity index (χ2n) is 4.70. The fourth-order valence-electron chi connectivity index (χ4n) is 2.76. The lowest BCUT2D eigenvalue weighted by Crippen LogP contribution is -2.31. The SMILES string of the molecule is COC1=CC2C(=O)c3c(O)cccc3CC2C=C1. The van der Waals surface area contributed by atoms with Crippen molar-refractivity contribution in [1.29, 1.82) is 0 Å². The first-order valence-electron chi connectivity index (χ1n) is 6.00. The lowest BCUT2D eigenvalue weighted by molar-refractivity contribution is 0.0900. The topological polar surface area (TPSA) is 46.5 Å². The predicted molar refractivity (Wildman–Crippen MR) is 67.4 cm³/mol. The van der Waals surface area contributed by atoms with Crippen molar-refractivity contribution in [2.45, 2.75) is 6.42 Å². The summed E-state index contributed by atoms with van der Waals surface area (Å²) in [7, 11) is 1.59. The number of aromatic hydroxyl groups is 1. The summed E-state index contributed by atoms with van der Waals surface area (Å²) in [6.07, 6.45) is 6.56. The van der Waals surface area contributed by atoms with E-state index in [4.69, 9.17) is 4.74 Å². The Kier molecular flexibility index (Phi) is 2.47. The maximum absolute atomic E-state index is 12.4. The highest BCUT2D eigenvalue weighted by Crippen LogP contribution is 2.38. The van der Waals surface area contributed by atoms with Crippen LogP contribution in [0.3, 0.4) is 0 Å². The number of allylic oxidation sites excluding steroid dienone is 3. The van der Waals surface area contributed by atoms with Crippen molar-refractivity contribution >= 4 is 5.78 Å². The second-order valence-corrected chi connectivity index (χ2v) is 4.70. The number of benzene rings is 1. The fraction of sp³-hybridized carbons (Fsp3) is 0.267. The van der Waals surface area contributed by atoms with Crippen LogP contribution in [0.15, 0.2) is 42.2 Å². The highest BCUT2D eigenvalue weighted by molar-refractivity contribution is 6.04. The number of fused-ring (bicyclic) bond motifs is 2. The monoisotopic (exact) mass is 242 g/mol. The Hall–Kier alpha value is -2.03. The highest BCUT2D eigenvalue weighted by Gasteiger charge is 2.36. The number of rotatable bonds is 1. The largest absolute Gasteiger partial charge is 0.507 e. The molecule has 0 aliphatic heterocycles. The molecule has 0 amide bonds. The molecule has 2 unspecified atom stereocenters. The molecule has 0 spiro atoms. The lowest BCUT2D eigenvalue weighted by Gasteiger charge is -2.30. The van der Waals surface area contributed by atoms with Crippen LogP contribution >= 0.6 is 0 Å². The van der Waals surface area contributed by atoms with E-state index in [0.717, 1.165) is 12.0 Å². The molecule has 18 heavy (non-hydrogen) atoms. The molecule has 2 aliphatic rings. The number of hydrogen-bond donors (Lipinski definition) is 1. The molecule has 3 heteroatoms. The summed E-state index contributed by atoms with van der Waals surface area (Å²) in [5.74, 6) is 0.732. The molecule has 2 atom stereocenters. The van der Waals surface area contributed by atoms with Crippen LogP contribution in [0.25, 0.3) is 0 Å². The molecule has 1 aromatic carbocycles. The van der Waals surface area contributed by atoms with Crippen molar-refractivity contribution in [3.05, 3.63) is 53.3 Å². The molecular weight excluding hydrogens is 228 g/mol. The molecule has 3 nitrogen and oxygen atoms in total. The van der Waals surface area contributed by atoms with Crippen LogP contribution in [0.4, 0.5) is 0 Å². The van der Waals surface area contributed by atoms with Gasteiger partial charge in [0.25, 0.3) is 0 Å². The fourth-order valence-corrected chi connectivity index (χ4v) is 2.76. The normalized spacial score (nSPS) is 25.2. The highest BCUT2D eigenvalue weighted by atomic mass is 16.5. The number of carbonyl (C=O) groups excluding carboxylic acids is 1. The van der Waals surface area contributed by atoms with E-state index in [9.17, 15) is 9.90 Å². The average molecular weight is 242 g/mol. The van der Waals surface area contributed by atoms with Gasteiger partial charge in [-0.05, 0) is 36.1 Å². The van der Waals surface area contributed by atoms with E-state index >= 15 is 0 Å². The van der Waals surface area contributed by atoms with Crippen LogP contribution in [0, 0.1) is 11.8 Å². The van der Waals surface area contributed by atoms with Gasteiger partial charge >= 0.3 is 0 Å². The zero-order valence-electron chi connectivity index (χ0n) is 10.1. The summed E-state index contributed by atoms with van der Waals surface area (Å²) in [4.78, 5) is 12.4. The third-order valence-corrected chi connectivity index (χ3v) is 3.68. The maximum Gasteiger partial charge on any atom is 0.174 e. The number of ketones is 1. The van der Waals surface area contributed by atoms with Crippen molar-refractivity contribution < 1.29 is 14.6 Å². The van der Waals surface area contributed by atoms with Gasteiger partial charge in [0.1, 0.15) is 11.5 Å². The Morgan fingerprint density at radius 1 is 1.39 bits per heavy atom. The summed E-state index contributed by atoms with van der Waals surface area (Å²) in [5, 5.41) is 9.85. The summed E-state index contributed by atoms with van der Waals surface area (Å²) < 4.78 is 5.17. The Balaban J connectivity index is 2.08. The first-order chi connectivity index (χ1) is 8.70. The number of hydrogen-bond acceptors (Lipinski definition) is 3. The van der Waals surface area contributed by atoms with Crippen LogP contribution in [0.2, 0.25) is 0 Å². The van der Waals surface area contributed by atoms with E-state index in [-0.39, 0.29) is 23.4 Å². The zero-order valence-corrected chi connectivity index (χ0v) is 10.1. The molecule has 0 saturated carbocycles. The Labute approximate surface area is 105 Å². The van der Waals surface area contributed by atoms with E-state index in [0.29, 0.717) is 11.3 Å². The van der Waals surface area contributed by atoms with E-state index < -0.39 is 0 Å². The minimum absolute atomic E-state index is 0.0155. The molecule has 1 N–H and O–H groups in total. The van der Waals surface area contributed by atoms with Crippen LogP contribution in [-0.4, -0.2) is 18.0 Å². The van der Waals surface area contributed by atoms with Crippen LogP contribution in [0.5, 0.6) is 5.75 Å². The molecule has 2 aliphatic carbocycles. The number of carbonyl (C=O) groups is 1. The maximum atomic E-state index is 12.4. The quantitative estimate of drug-likeness (QED) is 0.822. The predicted octanol–water partition coefficient (Wildman–Crippen LogP) is 2.46. The first kappa shape index (κ1) is 11.1. The minimum atomic E-state index is -0.217. The Morgan fingerprint density at radius 2 is 2.22 bits per heavy atom. The number of phenolic OH excluding ortho intramolecular Hbond substituents is 1. The van der Waals surface area contributed by atoms with Gasteiger partial charge in [-0.15, -0.1) is 0 Å². The molecule has 0 radical (unpaired) electrons.